The monoisotopic (exact) mass is 255 g/mol. The van der Waals surface area contributed by atoms with Gasteiger partial charge in [0, 0.05) is 5.56 Å². The second-order valence-electron chi connectivity index (χ2n) is 2.70. The molecule has 1 aromatic rings. The van der Waals surface area contributed by atoms with Gasteiger partial charge in [0.05, 0.1) is 11.9 Å². The van der Waals surface area contributed by atoms with E-state index in [0.717, 1.165) is 0 Å². The van der Waals surface area contributed by atoms with Crippen LogP contribution in [0, 0.1) is 0 Å². The first kappa shape index (κ1) is 10.9. The fourth-order valence-corrected chi connectivity index (χ4v) is 1.15. The molecule has 0 fully saturated rings. The Morgan fingerprint density at radius 3 is 2.43 bits per heavy atom. The lowest BCUT2D eigenvalue weighted by Crippen LogP contribution is -2.30. The molecule has 0 saturated carbocycles. The molecule has 1 N–H and O–H groups in total. The van der Waals surface area contributed by atoms with Crippen LogP contribution in [0.2, 0.25) is 0 Å². The zero-order valence-electron chi connectivity index (χ0n) is 7.50. The first-order valence-corrected chi connectivity index (χ1v) is 5.27. The van der Waals surface area contributed by atoms with Gasteiger partial charge in [0.1, 0.15) is 0 Å². The number of hydrogen-bond donors (Lipinski definition) is 1. The van der Waals surface area contributed by atoms with Gasteiger partial charge in [-0.25, -0.2) is 0 Å². The fraction of sp³-hybridized carbons (Fsp3) is 0.200. The van der Waals surface area contributed by atoms with E-state index in [9.17, 15) is 9.59 Å². The summed E-state index contributed by atoms with van der Waals surface area (Å²) in [6.07, 6.45) is 0. The van der Waals surface area contributed by atoms with Gasteiger partial charge in [-0.15, -0.1) is 0 Å². The summed E-state index contributed by atoms with van der Waals surface area (Å²) in [5, 5.41) is 2.71. The van der Waals surface area contributed by atoms with E-state index < -0.39 is 0 Å². The predicted octanol–water partition coefficient (Wildman–Crippen LogP) is 1.38. The fourth-order valence-electron chi connectivity index (χ4n) is 0.952. The van der Waals surface area contributed by atoms with Gasteiger partial charge in [0.2, 0.25) is 5.91 Å². The van der Waals surface area contributed by atoms with E-state index in [2.05, 4.69) is 21.2 Å². The maximum Gasteiger partial charge on any atom is 0.231 e. The maximum atomic E-state index is 11.4. The summed E-state index contributed by atoms with van der Waals surface area (Å²) in [4.78, 5) is 22.3. The molecule has 0 spiro atoms. The highest BCUT2D eigenvalue weighted by Crippen LogP contribution is 1.98. The maximum absolute atomic E-state index is 11.4. The van der Waals surface area contributed by atoms with Crippen LogP contribution in [0.3, 0.4) is 0 Å². The number of carbonyl (C=O) groups excluding carboxylic acids is 2. The Morgan fingerprint density at radius 1 is 1.21 bits per heavy atom. The first-order valence-electron chi connectivity index (χ1n) is 4.15. The van der Waals surface area contributed by atoms with Crippen LogP contribution in [0.15, 0.2) is 30.3 Å². The van der Waals surface area contributed by atoms with Crippen molar-refractivity contribution in [3.05, 3.63) is 35.9 Å². The van der Waals surface area contributed by atoms with Crippen LogP contribution in [0.4, 0.5) is 0 Å². The van der Waals surface area contributed by atoms with E-state index in [1.807, 2.05) is 6.07 Å². The summed E-state index contributed by atoms with van der Waals surface area (Å²) >= 11 is 3.00. The highest BCUT2D eigenvalue weighted by Gasteiger charge is 2.05. The third-order valence-electron chi connectivity index (χ3n) is 1.66. The molecule has 0 bridgehead atoms. The van der Waals surface area contributed by atoms with Gasteiger partial charge in [0.25, 0.3) is 0 Å². The van der Waals surface area contributed by atoms with Crippen LogP contribution in [-0.4, -0.2) is 23.6 Å². The van der Waals surface area contributed by atoms with Gasteiger partial charge in [-0.05, 0) is 0 Å². The molecule has 14 heavy (non-hydrogen) atoms. The number of carbonyl (C=O) groups is 2. The van der Waals surface area contributed by atoms with Crippen molar-refractivity contribution in [2.24, 2.45) is 0 Å². The van der Waals surface area contributed by atoms with E-state index >= 15 is 0 Å². The number of rotatable bonds is 4. The van der Waals surface area contributed by atoms with E-state index in [1.54, 1.807) is 24.3 Å². The Morgan fingerprint density at radius 2 is 1.86 bits per heavy atom. The molecule has 0 aromatic heterocycles. The number of halogens is 1. The normalized spacial score (nSPS) is 9.50. The van der Waals surface area contributed by atoms with Crippen molar-refractivity contribution >= 4 is 27.6 Å². The molecule has 4 heteroatoms. The second kappa shape index (κ2) is 5.54. The van der Waals surface area contributed by atoms with Crippen molar-refractivity contribution in [1.29, 1.82) is 0 Å². The summed E-state index contributed by atoms with van der Waals surface area (Å²) in [6, 6.07) is 8.87. The van der Waals surface area contributed by atoms with Gasteiger partial charge in [-0.3, -0.25) is 9.59 Å². The Labute approximate surface area is 90.6 Å². The minimum absolute atomic E-state index is 0.0500. The van der Waals surface area contributed by atoms with Crippen molar-refractivity contribution in [3.8, 4) is 0 Å². The number of hydrogen-bond acceptors (Lipinski definition) is 2. The number of nitrogens with one attached hydrogen (secondary N) is 1. The summed E-state index contributed by atoms with van der Waals surface area (Å²) in [5.74, 6) is -0.269. The third-order valence-corrected chi connectivity index (χ3v) is 2.17. The van der Waals surface area contributed by atoms with E-state index in [4.69, 9.17) is 0 Å². The molecule has 0 atom stereocenters. The lowest BCUT2D eigenvalue weighted by atomic mass is 10.1. The molecule has 0 unspecified atom stereocenters. The Hall–Kier alpha value is -1.16. The smallest absolute Gasteiger partial charge is 0.231 e. The molecule has 0 heterocycles. The molecule has 74 valence electrons. The Kier molecular flexibility index (Phi) is 4.32. The molecule has 0 radical (unpaired) electrons. The lowest BCUT2D eigenvalue weighted by molar-refractivity contribution is -0.118. The average Bonchev–Trinajstić information content (AvgIpc) is 2.26. The number of alkyl halides is 1. The molecule has 3 nitrogen and oxygen atoms in total. The number of benzene rings is 1. The van der Waals surface area contributed by atoms with Crippen LogP contribution >= 0.6 is 15.9 Å². The molecule has 1 aromatic carbocycles. The van der Waals surface area contributed by atoms with Gasteiger partial charge < -0.3 is 5.32 Å². The van der Waals surface area contributed by atoms with Crippen LogP contribution in [0.25, 0.3) is 0 Å². The quantitative estimate of drug-likeness (QED) is 0.653. The van der Waals surface area contributed by atoms with Crippen molar-refractivity contribution in [2.45, 2.75) is 0 Å². The van der Waals surface area contributed by atoms with Crippen LogP contribution in [0.1, 0.15) is 10.4 Å². The molecular formula is C10H10BrNO2. The Balaban J connectivity index is 2.48. The minimum atomic E-state index is -0.186. The van der Waals surface area contributed by atoms with Crippen LogP contribution in [-0.2, 0) is 4.79 Å². The van der Waals surface area contributed by atoms with Crippen molar-refractivity contribution in [2.75, 3.05) is 11.9 Å². The first-order chi connectivity index (χ1) is 6.74. The van der Waals surface area contributed by atoms with Crippen molar-refractivity contribution < 1.29 is 9.59 Å². The Bertz CT molecular complexity index is 324. The summed E-state index contributed by atoms with van der Waals surface area (Å²) in [6.45, 7) is 0.0500. The largest absolute Gasteiger partial charge is 0.348 e. The number of ketones is 1. The number of amides is 1. The highest BCUT2D eigenvalue weighted by molar-refractivity contribution is 9.09. The molecule has 0 aliphatic carbocycles. The standard InChI is InChI=1S/C10H10BrNO2/c11-6-10(14)12-7-9(13)8-4-2-1-3-5-8/h1-5H,6-7H2,(H,12,14). The van der Waals surface area contributed by atoms with Gasteiger partial charge in [-0.2, -0.15) is 0 Å². The zero-order chi connectivity index (χ0) is 10.4. The molecular weight excluding hydrogens is 246 g/mol. The van der Waals surface area contributed by atoms with E-state index in [-0.39, 0.29) is 23.6 Å². The molecule has 0 saturated heterocycles. The minimum Gasteiger partial charge on any atom is -0.348 e. The zero-order valence-corrected chi connectivity index (χ0v) is 9.08. The van der Waals surface area contributed by atoms with Gasteiger partial charge in [0.15, 0.2) is 5.78 Å². The predicted molar refractivity (Wildman–Crippen MR) is 57.6 cm³/mol. The molecule has 0 aliphatic rings. The lowest BCUT2D eigenvalue weighted by Gasteiger charge is -2.01. The number of Topliss-reactive ketones (excluding diaryl/α,β-unsaturated/α-hetero) is 1. The summed E-state index contributed by atoms with van der Waals surface area (Å²) in [5.41, 5.74) is 0.613. The topological polar surface area (TPSA) is 46.2 Å². The van der Waals surface area contributed by atoms with E-state index in [1.165, 1.54) is 0 Å². The average molecular weight is 256 g/mol. The third kappa shape index (κ3) is 3.30. The molecule has 1 rings (SSSR count). The summed E-state index contributed by atoms with van der Waals surface area (Å²) < 4.78 is 0. The molecule has 0 aliphatic heterocycles. The SMILES string of the molecule is O=C(CBr)NCC(=O)c1ccccc1. The van der Waals surface area contributed by atoms with Gasteiger partial charge >= 0.3 is 0 Å². The van der Waals surface area contributed by atoms with Crippen LogP contribution < -0.4 is 5.32 Å². The van der Waals surface area contributed by atoms with E-state index in [0.29, 0.717) is 5.56 Å². The summed E-state index contributed by atoms with van der Waals surface area (Å²) in [7, 11) is 0. The van der Waals surface area contributed by atoms with Gasteiger partial charge in [-0.1, -0.05) is 46.3 Å². The highest BCUT2D eigenvalue weighted by atomic mass is 79.9. The van der Waals surface area contributed by atoms with Crippen molar-refractivity contribution in [3.63, 3.8) is 0 Å². The molecule has 1 amide bonds. The second-order valence-corrected chi connectivity index (χ2v) is 3.26. The van der Waals surface area contributed by atoms with Crippen molar-refractivity contribution in [1.82, 2.24) is 5.32 Å². The van der Waals surface area contributed by atoms with Crippen LogP contribution in [0.5, 0.6) is 0 Å².